The third-order valence-electron chi connectivity index (χ3n) is 4.73. The monoisotopic (exact) mass is 533 g/mol. The smallest absolute Gasteiger partial charge is 0.416 e. The molecule has 0 saturated carbocycles. The van der Waals surface area contributed by atoms with Crippen molar-refractivity contribution in [2.75, 3.05) is 22.5 Å². The Morgan fingerprint density at radius 2 is 1.81 bits per heavy atom. The van der Waals surface area contributed by atoms with Gasteiger partial charge in [-0.3, -0.25) is 0 Å². The summed E-state index contributed by atoms with van der Waals surface area (Å²) in [4.78, 5) is 21.7. The number of aromatic nitrogens is 2. The zero-order valence-electron chi connectivity index (χ0n) is 18.7. The van der Waals surface area contributed by atoms with E-state index in [1.54, 1.807) is 23.5 Å². The highest BCUT2D eigenvalue weighted by atomic mass is 35.5. The first kappa shape index (κ1) is 25.3. The lowest BCUT2D eigenvalue weighted by molar-refractivity contribution is -0.137. The molecule has 2 aromatic heterocycles. The molecule has 0 bridgehead atoms. The van der Waals surface area contributed by atoms with Crippen molar-refractivity contribution in [1.29, 1.82) is 0 Å². The van der Waals surface area contributed by atoms with Gasteiger partial charge in [-0.05, 0) is 61.0 Å². The van der Waals surface area contributed by atoms with Gasteiger partial charge < -0.3 is 20.7 Å². The van der Waals surface area contributed by atoms with Gasteiger partial charge in [0, 0.05) is 18.8 Å². The Kier molecular flexibility index (Phi) is 7.61. The van der Waals surface area contributed by atoms with Crippen molar-refractivity contribution < 1.29 is 22.7 Å². The minimum atomic E-state index is -4.53. The molecule has 0 aliphatic carbocycles. The summed E-state index contributed by atoms with van der Waals surface area (Å²) in [6.07, 6.45) is -1.33. The molecule has 2 heterocycles. The minimum absolute atomic E-state index is 0.0368. The van der Waals surface area contributed by atoms with E-state index < -0.39 is 17.8 Å². The van der Waals surface area contributed by atoms with Gasteiger partial charge in [-0.15, -0.1) is 0 Å². The van der Waals surface area contributed by atoms with E-state index in [1.807, 2.05) is 37.4 Å². The van der Waals surface area contributed by atoms with E-state index in [4.69, 9.17) is 16.3 Å². The van der Waals surface area contributed by atoms with Gasteiger partial charge in [0.15, 0.2) is 5.13 Å². The average molecular weight is 534 g/mol. The number of ether oxygens (including phenoxy) is 1. The number of carbonyl (C=O) groups is 1. The van der Waals surface area contributed by atoms with Gasteiger partial charge in [0.05, 0.1) is 33.0 Å². The number of nitrogens with zero attached hydrogens (tertiary/aromatic N) is 2. The number of benzene rings is 2. The number of thiazole rings is 1. The zero-order chi connectivity index (χ0) is 25.7. The molecule has 0 unspecified atom stereocenters. The third kappa shape index (κ3) is 6.43. The van der Waals surface area contributed by atoms with Crippen LogP contribution in [0, 0.1) is 0 Å². The van der Waals surface area contributed by atoms with Crippen molar-refractivity contribution in [3.05, 3.63) is 77.6 Å². The standard InChI is InChI=1S/C24H19ClF3N5O2S/c1-2-29-23-31-13-20(36-23)14-3-7-17(8-4-14)35-21-10-6-16(12-30-21)32-22(34)33-19-9-5-15(11-18(19)25)24(26,27)28/h3-13H,2H2,1H3,(H,29,31)(H2,32,33,34). The molecule has 36 heavy (non-hydrogen) atoms. The number of nitrogens with one attached hydrogen (secondary N) is 3. The van der Waals surface area contributed by atoms with E-state index in [0.29, 0.717) is 17.3 Å². The van der Waals surface area contributed by atoms with E-state index in [-0.39, 0.29) is 10.7 Å². The van der Waals surface area contributed by atoms with Crippen molar-refractivity contribution in [2.45, 2.75) is 13.1 Å². The number of pyridine rings is 1. The van der Waals surface area contributed by atoms with Crippen molar-refractivity contribution in [3.8, 4) is 22.1 Å². The van der Waals surface area contributed by atoms with Gasteiger partial charge in [-0.1, -0.05) is 22.9 Å². The highest BCUT2D eigenvalue weighted by Gasteiger charge is 2.31. The molecule has 0 fully saturated rings. The van der Waals surface area contributed by atoms with Crippen molar-refractivity contribution in [3.63, 3.8) is 0 Å². The molecule has 2 aromatic carbocycles. The predicted molar refractivity (Wildman–Crippen MR) is 135 cm³/mol. The molecule has 4 rings (SSSR count). The van der Waals surface area contributed by atoms with Crippen LogP contribution < -0.4 is 20.7 Å². The van der Waals surface area contributed by atoms with Crippen LogP contribution in [0.15, 0.2) is 67.0 Å². The summed E-state index contributed by atoms with van der Waals surface area (Å²) in [5.41, 5.74) is 0.486. The number of urea groups is 1. The molecule has 0 radical (unpaired) electrons. The topological polar surface area (TPSA) is 88.2 Å². The molecule has 7 nitrogen and oxygen atoms in total. The van der Waals surface area contributed by atoms with E-state index in [1.165, 1.54) is 6.20 Å². The molecule has 12 heteroatoms. The van der Waals surface area contributed by atoms with Crippen LogP contribution in [-0.4, -0.2) is 22.5 Å². The van der Waals surface area contributed by atoms with Crippen LogP contribution in [0.25, 0.3) is 10.4 Å². The summed E-state index contributed by atoms with van der Waals surface area (Å²) < 4.78 is 44.0. The second-order valence-corrected chi connectivity index (χ2v) is 8.78. The first-order valence-corrected chi connectivity index (χ1v) is 11.8. The van der Waals surface area contributed by atoms with Gasteiger partial charge in [0.1, 0.15) is 5.75 Å². The maximum atomic E-state index is 12.8. The Morgan fingerprint density at radius 1 is 1.03 bits per heavy atom. The number of rotatable bonds is 7. The van der Waals surface area contributed by atoms with Crippen LogP contribution in [0.3, 0.4) is 0 Å². The number of alkyl halides is 3. The van der Waals surface area contributed by atoms with Crippen LogP contribution >= 0.6 is 22.9 Å². The normalized spacial score (nSPS) is 11.1. The quantitative estimate of drug-likeness (QED) is 0.226. The Bertz CT molecular complexity index is 1350. The summed E-state index contributed by atoms with van der Waals surface area (Å²) in [7, 11) is 0. The minimum Gasteiger partial charge on any atom is -0.439 e. The first-order chi connectivity index (χ1) is 17.2. The first-order valence-electron chi connectivity index (χ1n) is 10.6. The molecule has 2 amide bonds. The zero-order valence-corrected chi connectivity index (χ0v) is 20.3. The lowest BCUT2D eigenvalue weighted by Gasteiger charge is -2.12. The van der Waals surface area contributed by atoms with Gasteiger partial charge in [-0.2, -0.15) is 13.2 Å². The Morgan fingerprint density at radius 3 is 2.44 bits per heavy atom. The molecule has 186 valence electrons. The van der Waals surface area contributed by atoms with E-state index in [2.05, 4.69) is 25.9 Å². The number of carbonyl (C=O) groups excluding carboxylic acids is 1. The maximum absolute atomic E-state index is 12.8. The fourth-order valence-corrected chi connectivity index (χ4v) is 4.16. The van der Waals surface area contributed by atoms with Crippen molar-refractivity contribution in [2.24, 2.45) is 0 Å². The highest BCUT2D eigenvalue weighted by molar-refractivity contribution is 7.18. The lowest BCUT2D eigenvalue weighted by Crippen LogP contribution is -2.20. The Labute approximate surface area is 213 Å². The van der Waals surface area contributed by atoms with Gasteiger partial charge in [-0.25, -0.2) is 14.8 Å². The summed E-state index contributed by atoms with van der Waals surface area (Å²) >= 11 is 7.42. The largest absolute Gasteiger partial charge is 0.439 e. The molecular formula is C24H19ClF3N5O2S. The fourth-order valence-electron chi connectivity index (χ4n) is 3.04. The molecule has 4 aromatic rings. The molecule has 3 N–H and O–H groups in total. The second kappa shape index (κ2) is 10.8. The number of anilines is 3. The number of halogens is 4. The second-order valence-electron chi connectivity index (χ2n) is 7.34. The average Bonchev–Trinajstić information content (AvgIpc) is 3.30. The van der Waals surface area contributed by atoms with Crippen LogP contribution in [0.5, 0.6) is 11.6 Å². The lowest BCUT2D eigenvalue weighted by atomic mass is 10.2. The predicted octanol–water partition coefficient (Wildman–Crippen LogP) is 7.75. The third-order valence-corrected chi connectivity index (χ3v) is 6.05. The van der Waals surface area contributed by atoms with Crippen LogP contribution in [0.1, 0.15) is 12.5 Å². The number of hydrogen-bond donors (Lipinski definition) is 3. The summed E-state index contributed by atoms with van der Waals surface area (Å²) in [5, 5.41) is 8.74. The molecular weight excluding hydrogens is 515 g/mol. The molecule has 0 aliphatic heterocycles. The number of hydrogen-bond acceptors (Lipinski definition) is 6. The van der Waals surface area contributed by atoms with Crippen LogP contribution in [0.2, 0.25) is 5.02 Å². The van der Waals surface area contributed by atoms with Crippen molar-refractivity contribution in [1.82, 2.24) is 9.97 Å². The van der Waals surface area contributed by atoms with E-state index in [0.717, 1.165) is 40.3 Å². The molecule has 0 spiro atoms. The van der Waals surface area contributed by atoms with E-state index in [9.17, 15) is 18.0 Å². The Hall–Kier alpha value is -3.83. The van der Waals surface area contributed by atoms with Crippen LogP contribution in [0.4, 0.5) is 34.5 Å². The SMILES string of the molecule is CCNc1ncc(-c2ccc(Oc3ccc(NC(=O)Nc4ccc(C(F)(F)F)cc4Cl)cn3)cc2)s1. The maximum Gasteiger partial charge on any atom is 0.416 e. The summed E-state index contributed by atoms with van der Waals surface area (Å²) in [5.74, 6) is 0.893. The Balaban J connectivity index is 1.33. The molecule has 0 aliphatic rings. The van der Waals surface area contributed by atoms with Gasteiger partial charge in [0.2, 0.25) is 5.88 Å². The highest BCUT2D eigenvalue weighted by Crippen LogP contribution is 2.34. The van der Waals surface area contributed by atoms with Gasteiger partial charge >= 0.3 is 12.2 Å². The molecule has 0 atom stereocenters. The van der Waals surface area contributed by atoms with Gasteiger partial charge in [0.25, 0.3) is 0 Å². The van der Waals surface area contributed by atoms with Crippen LogP contribution in [-0.2, 0) is 6.18 Å². The van der Waals surface area contributed by atoms with Crippen molar-refractivity contribution >= 4 is 45.5 Å². The van der Waals surface area contributed by atoms with E-state index >= 15 is 0 Å². The molecule has 0 saturated heterocycles. The fraction of sp³-hybridized carbons (Fsp3) is 0.125. The number of amides is 2. The summed E-state index contributed by atoms with van der Waals surface area (Å²) in [6.45, 7) is 2.82. The summed E-state index contributed by atoms with van der Waals surface area (Å²) in [6, 6.07) is 12.6.